The van der Waals surface area contributed by atoms with Crippen molar-refractivity contribution in [3.63, 3.8) is 0 Å². The summed E-state index contributed by atoms with van der Waals surface area (Å²) in [6, 6.07) is 13.4. The van der Waals surface area contributed by atoms with E-state index in [2.05, 4.69) is 25.3 Å². The topological polar surface area (TPSA) is 115 Å². The number of amides is 1. The highest BCUT2D eigenvalue weighted by Gasteiger charge is 2.31. The predicted octanol–water partition coefficient (Wildman–Crippen LogP) is 5.62. The first-order valence-corrected chi connectivity index (χ1v) is 12.0. The summed E-state index contributed by atoms with van der Waals surface area (Å²) in [5.74, 6) is 5.93. The van der Waals surface area contributed by atoms with Gasteiger partial charge in [-0.2, -0.15) is 13.2 Å². The van der Waals surface area contributed by atoms with Crippen LogP contribution in [0, 0.1) is 13.8 Å². The maximum Gasteiger partial charge on any atom is 0.416 e. The van der Waals surface area contributed by atoms with Gasteiger partial charge in [0.1, 0.15) is 0 Å². The number of halogens is 3. The van der Waals surface area contributed by atoms with Crippen LogP contribution in [0.25, 0.3) is 16.9 Å². The van der Waals surface area contributed by atoms with E-state index in [1.54, 1.807) is 62.9 Å². The molecule has 0 aliphatic rings. The molecule has 5 rings (SSSR count). The molecule has 0 saturated carbocycles. The molecule has 0 saturated heterocycles. The Bertz CT molecular complexity index is 1690. The zero-order chi connectivity index (χ0) is 28.4. The molecule has 5 aromatic rings. The number of aryl methyl sites for hydroxylation is 2. The molecule has 3 heterocycles. The van der Waals surface area contributed by atoms with Crippen LogP contribution in [0.2, 0.25) is 0 Å². The molecule has 40 heavy (non-hydrogen) atoms. The van der Waals surface area contributed by atoms with Crippen LogP contribution in [-0.4, -0.2) is 30.4 Å². The number of hydrogen-bond donors (Lipinski definition) is 2. The maximum absolute atomic E-state index is 13.6. The summed E-state index contributed by atoms with van der Waals surface area (Å²) in [5.41, 5.74) is 2.63. The third-order valence-corrected chi connectivity index (χ3v) is 6.06. The molecule has 0 atom stereocenters. The molecule has 0 bridgehead atoms. The number of anilines is 3. The minimum absolute atomic E-state index is 0.0274. The average molecular weight is 545 g/mol. The van der Waals surface area contributed by atoms with Crippen molar-refractivity contribution in [3.8, 4) is 16.9 Å². The Balaban J connectivity index is 1.44. The summed E-state index contributed by atoms with van der Waals surface area (Å²) in [7, 11) is 0. The Morgan fingerprint density at radius 2 is 1.85 bits per heavy atom. The molecule has 3 aromatic heterocycles. The van der Waals surface area contributed by atoms with E-state index in [-0.39, 0.29) is 22.9 Å². The molecule has 202 valence electrons. The Morgan fingerprint density at radius 1 is 1.02 bits per heavy atom. The summed E-state index contributed by atoms with van der Waals surface area (Å²) in [4.78, 5) is 30.1. The van der Waals surface area contributed by atoms with Gasteiger partial charge in [-0.3, -0.25) is 9.78 Å². The van der Waals surface area contributed by atoms with Crippen molar-refractivity contribution in [3.05, 3.63) is 108 Å². The van der Waals surface area contributed by atoms with Gasteiger partial charge in [0.15, 0.2) is 0 Å². The summed E-state index contributed by atoms with van der Waals surface area (Å²) in [6.45, 7) is 3.52. The van der Waals surface area contributed by atoms with Crippen LogP contribution in [-0.2, 0) is 6.18 Å². The zero-order valence-electron chi connectivity index (χ0n) is 21.4. The number of nitrogens with one attached hydrogen (secondary N) is 1. The van der Waals surface area contributed by atoms with Crippen molar-refractivity contribution in [2.75, 3.05) is 10.3 Å². The van der Waals surface area contributed by atoms with Crippen LogP contribution < -0.4 is 16.2 Å². The molecule has 3 N–H and O–H groups in total. The number of imidazole rings is 1. The van der Waals surface area contributed by atoms with Crippen molar-refractivity contribution >= 4 is 23.2 Å². The number of hydrazine groups is 1. The van der Waals surface area contributed by atoms with E-state index in [4.69, 9.17) is 5.84 Å². The van der Waals surface area contributed by atoms with Gasteiger partial charge < -0.3 is 9.88 Å². The van der Waals surface area contributed by atoms with E-state index >= 15 is 0 Å². The highest BCUT2D eigenvalue weighted by Crippen LogP contribution is 2.33. The van der Waals surface area contributed by atoms with Crippen LogP contribution >= 0.6 is 0 Å². The number of nitrogens with two attached hydrogens (primary N) is 1. The third-order valence-electron chi connectivity index (χ3n) is 6.06. The number of aromatic nitrogens is 5. The summed E-state index contributed by atoms with van der Waals surface area (Å²) in [5, 5.41) is 3.82. The lowest BCUT2D eigenvalue weighted by Crippen LogP contribution is -2.28. The summed E-state index contributed by atoms with van der Waals surface area (Å²) < 4.78 is 42.4. The van der Waals surface area contributed by atoms with Gasteiger partial charge in [-0.1, -0.05) is 6.07 Å². The normalized spacial score (nSPS) is 11.3. The number of carbonyl (C=O) groups is 1. The Kier molecular flexibility index (Phi) is 7.01. The van der Waals surface area contributed by atoms with Crippen molar-refractivity contribution in [1.82, 2.24) is 24.5 Å². The zero-order valence-corrected chi connectivity index (χ0v) is 21.4. The SMILES string of the molecule is Cc1cn(-c2cc(NC(=O)c3ccc(C)c(N(N)c4nccc(-c5cccnc5)n4)c3)cc(C(F)(F)F)c2)cn1. The molecular weight excluding hydrogens is 521 g/mol. The van der Waals surface area contributed by atoms with Crippen molar-refractivity contribution < 1.29 is 18.0 Å². The minimum Gasteiger partial charge on any atom is -0.322 e. The molecular formula is C28H23F3N8O. The van der Waals surface area contributed by atoms with E-state index in [0.717, 1.165) is 23.3 Å². The number of hydrogen-bond acceptors (Lipinski definition) is 7. The number of benzene rings is 2. The predicted molar refractivity (Wildman–Crippen MR) is 144 cm³/mol. The molecule has 9 nitrogen and oxygen atoms in total. The average Bonchev–Trinajstić information content (AvgIpc) is 3.39. The lowest BCUT2D eigenvalue weighted by atomic mass is 10.1. The second-order valence-electron chi connectivity index (χ2n) is 9.00. The van der Waals surface area contributed by atoms with Crippen LogP contribution in [0.5, 0.6) is 0 Å². The first-order chi connectivity index (χ1) is 19.1. The largest absolute Gasteiger partial charge is 0.416 e. The van der Waals surface area contributed by atoms with Gasteiger partial charge >= 0.3 is 6.18 Å². The Labute approximate surface area is 227 Å². The molecule has 0 fully saturated rings. The van der Waals surface area contributed by atoms with Crippen molar-refractivity contribution in [2.45, 2.75) is 20.0 Å². The smallest absolute Gasteiger partial charge is 0.322 e. The number of alkyl halides is 3. The van der Waals surface area contributed by atoms with Crippen LogP contribution in [0.15, 0.2) is 85.7 Å². The monoisotopic (exact) mass is 544 g/mol. The fraction of sp³-hybridized carbons (Fsp3) is 0.107. The highest BCUT2D eigenvalue weighted by molar-refractivity contribution is 6.05. The van der Waals surface area contributed by atoms with Crippen LogP contribution in [0.1, 0.15) is 27.2 Å². The van der Waals surface area contributed by atoms with E-state index < -0.39 is 17.6 Å². The van der Waals surface area contributed by atoms with Gasteiger partial charge in [-0.05, 0) is 67.9 Å². The standard InChI is InChI=1S/C28H23F3N8O/c1-17-5-6-19(10-25(17)39(32)27-34-9-7-24(37-27)20-4-3-8-33-14-20)26(40)36-22-11-21(28(29,30)31)12-23(13-22)38-15-18(2)35-16-38/h3-16H,32H2,1-2H3,(H,36,40). The molecule has 0 aliphatic carbocycles. The van der Waals surface area contributed by atoms with Crippen LogP contribution in [0.3, 0.4) is 0 Å². The van der Waals surface area contributed by atoms with Gasteiger partial charge in [0.05, 0.1) is 29.0 Å². The molecule has 12 heteroatoms. The van der Waals surface area contributed by atoms with E-state index in [0.29, 0.717) is 17.1 Å². The molecule has 2 aromatic carbocycles. The molecule has 0 aliphatic heterocycles. The maximum atomic E-state index is 13.6. The Morgan fingerprint density at radius 3 is 2.55 bits per heavy atom. The lowest BCUT2D eigenvalue weighted by molar-refractivity contribution is -0.137. The van der Waals surface area contributed by atoms with Crippen molar-refractivity contribution in [1.29, 1.82) is 0 Å². The first-order valence-electron chi connectivity index (χ1n) is 12.0. The fourth-order valence-electron chi connectivity index (χ4n) is 4.02. The minimum atomic E-state index is -4.62. The van der Waals surface area contributed by atoms with E-state index in [1.807, 2.05) is 6.07 Å². The molecule has 0 spiro atoms. The number of nitrogens with zero attached hydrogens (tertiary/aromatic N) is 6. The number of carbonyl (C=O) groups excluding carboxylic acids is 1. The van der Waals surface area contributed by atoms with E-state index in [9.17, 15) is 18.0 Å². The summed E-state index contributed by atoms with van der Waals surface area (Å²) in [6.07, 6.45) is 3.25. The van der Waals surface area contributed by atoms with Crippen molar-refractivity contribution in [2.24, 2.45) is 5.84 Å². The van der Waals surface area contributed by atoms with Gasteiger partial charge in [-0.25, -0.2) is 25.8 Å². The van der Waals surface area contributed by atoms with Gasteiger partial charge in [0.2, 0.25) is 5.95 Å². The number of pyridine rings is 1. The lowest BCUT2D eigenvalue weighted by Gasteiger charge is -2.20. The Hall–Kier alpha value is -5.10. The third kappa shape index (κ3) is 5.66. The van der Waals surface area contributed by atoms with Crippen LogP contribution in [0.4, 0.5) is 30.5 Å². The molecule has 0 unspecified atom stereocenters. The summed E-state index contributed by atoms with van der Waals surface area (Å²) >= 11 is 0. The van der Waals surface area contributed by atoms with Gasteiger partial charge in [0, 0.05) is 47.3 Å². The molecule has 1 amide bonds. The number of rotatable bonds is 6. The quantitative estimate of drug-likeness (QED) is 0.211. The van der Waals surface area contributed by atoms with E-state index in [1.165, 1.54) is 28.0 Å². The highest BCUT2D eigenvalue weighted by atomic mass is 19.4. The second kappa shape index (κ2) is 10.6. The second-order valence-corrected chi connectivity index (χ2v) is 9.00. The van der Waals surface area contributed by atoms with Gasteiger partial charge in [0.25, 0.3) is 5.91 Å². The fourth-order valence-corrected chi connectivity index (χ4v) is 4.02. The first kappa shape index (κ1) is 26.5. The molecule has 0 radical (unpaired) electrons. The van der Waals surface area contributed by atoms with Gasteiger partial charge in [-0.15, -0.1) is 0 Å².